The zero-order chi connectivity index (χ0) is 17.1. The molecule has 0 aliphatic carbocycles. The van der Waals surface area contributed by atoms with E-state index in [1.165, 1.54) is 51.0 Å². The Bertz CT molecular complexity index is 698. The van der Waals surface area contributed by atoms with Crippen molar-refractivity contribution in [3.63, 3.8) is 0 Å². The van der Waals surface area contributed by atoms with E-state index in [0.29, 0.717) is 12.0 Å². The number of benzene rings is 1. The van der Waals surface area contributed by atoms with Crippen molar-refractivity contribution in [1.29, 1.82) is 0 Å². The van der Waals surface area contributed by atoms with E-state index in [2.05, 4.69) is 39.5 Å². The van der Waals surface area contributed by atoms with Crippen LogP contribution in [0, 0.1) is 5.41 Å². The largest absolute Gasteiger partial charge is 0.486 e. The highest BCUT2D eigenvalue weighted by Crippen LogP contribution is 2.39. The highest BCUT2D eigenvalue weighted by molar-refractivity contribution is 5.85. The molecule has 7 heteroatoms. The van der Waals surface area contributed by atoms with E-state index in [9.17, 15) is 0 Å². The maximum absolute atomic E-state index is 5.84. The third-order valence-corrected chi connectivity index (χ3v) is 5.80. The standard InChI is InChI=1S/C20H28N4O.2ClH/c1-23-13-11-22-19(23)15-25-18-4-2-17(3-5-18)14-24-12-8-20(16-24)6-9-21-10-7-20;;/h2-5,11,13,21H,6-10,12,14-16H2,1H3;2*1H. The molecule has 0 atom stereocenters. The highest BCUT2D eigenvalue weighted by Gasteiger charge is 2.38. The van der Waals surface area contributed by atoms with Gasteiger partial charge in [0.05, 0.1) is 0 Å². The molecule has 0 bridgehead atoms. The summed E-state index contributed by atoms with van der Waals surface area (Å²) in [4.78, 5) is 6.91. The van der Waals surface area contributed by atoms with Gasteiger partial charge < -0.3 is 14.6 Å². The Morgan fingerprint density at radius 1 is 1.11 bits per heavy atom. The van der Waals surface area contributed by atoms with E-state index in [1.807, 2.05) is 17.8 Å². The lowest BCUT2D eigenvalue weighted by Crippen LogP contribution is -2.38. The van der Waals surface area contributed by atoms with Crippen molar-refractivity contribution in [2.45, 2.75) is 32.4 Å². The second-order valence-electron chi connectivity index (χ2n) is 7.60. The van der Waals surface area contributed by atoms with Gasteiger partial charge in [0.25, 0.3) is 0 Å². The third kappa shape index (κ3) is 5.38. The minimum Gasteiger partial charge on any atom is -0.486 e. The van der Waals surface area contributed by atoms with E-state index in [0.717, 1.165) is 18.1 Å². The fraction of sp³-hybridized carbons (Fsp3) is 0.550. The first kappa shape index (κ1) is 22.0. The van der Waals surface area contributed by atoms with Crippen LogP contribution in [0.4, 0.5) is 0 Å². The molecule has 150 valence electrons. The summed E-state index contributed by atoms with van der Waals surface area (Å²) < 4.78 is 7.83. The zero-order valence-electron chi connectivity index (χ0n) is 15.9. The zero-order valence-corrected chi connectivity index (χ0v) is 17.5. The van der Waals surface area contributed by atoms with Crippen LogP contribution in [0.5, 0.6) is 5.75 Å². The average molecular weight is 413 g/mol. The topological polar surface area (TPSA) is 42.3 Å². The Morgan fingerprint density at radius 3 is 2.52 bits per heavy atom. The Hall–Kier alpha value is -1.27. The van der Waals surface area contributed by atoms with Crippen molar-refractivity contribution in [1.82, 2.24) is 19.8 Å². The smallest absolute Gasteiger partial charge is 0.146 e. The van der Waals surface area contributed by atoms with Crippen molar-refractivity contribution in [2.24, 2.45) is 12.5 Å². The Balaban J connectivity index is 0.00000131. The van der Waals surface area contributed by atoms with Gasteiger partial charge in [-0.2, -0.15) is 0 Å². The van der Waals surface area contributed by atoms with Crippen LogP contribution in [0.25, 0.3) is 0 Å². The number of nitrogens with zero attached hydrogens (tertiary/aromatic N) is 3. The van der Waals surface area contributed by atoms with Gasteiger partial charge in [0, 0.05) is 32.5 Å². The van der Waals surface area contributed by atoms with Crippen molar-refractivity contribution in [3.8, 4) is 5.75 Å². The minimum absolute atomic E-state index is 0. The molecule has 0 unspecified atom stereocenters. The maximum Gasteiger partial charge on any atom is 0.146 e. The summed E-state index contributed by atoms with van der Waals surface area (Å²) in [6.07, 6.45) is 7.77. The Labute approximate surface area is 174 Å². The fourth-order valence-corrected chi connectivity index (χ4v) is 4.16. The molecule has 4 rings (SSSR count). The summed E-state index contributed by atoms with van der Waals surface area (Å²) in [6, 6.07) is 8.55. The van der Waals surface area contributed by atoms with Crippen molar-refractivity contribution in [2.75, 3.05) is 26.2 Å². The molecule has 2 aliphatic rings. The number of nitrogens with one attached hydrogen (secondary N) is 1. The van der Waals surface area contributed by atoms with Gasteiger partial charge in [-0.25, -0.2) is 4.98 Å². The van der Waals surface area contributed by atoms with E-state index in [4.69, 9.17) is 4.74 Å². The predicted octanol–water partition coefficient (Wildman–Crippen LogP) is 3.42. The number of hydrogen-bond donors (Lipinski definition) is 1. The number of imidazole rings is 1. The number of rotatable bonds is 5. The Morgan fingerprint density at radius 2 is 1.85 bits per heavy atom. The normalized spacial score (nSPS) is 18.7. The lowest BCUT2D eigenvalue weighted by molar-refractivity contribution is 0.194. The second-order valence-corrected chi connectivity index (χ2v) is 7.60. The highest BCUT2D eigenvalue weighted by atomic mass is 35.5. The number of aryl methyl sites for hydroxylation is 1. The van der Waals surface area contributed by atoms with Crippen LogP contribution in [0.2, 0.25) is 0 Å². The summed E-state index contributed by atoms with van der Waals surface area (Å²) in [7, 11) is 1.99. The number of piperidine rings is 1. The summed E-state index contributed by atoms with van der Waals surface area (Å²) in [5.41, 5.74) is 1.95. The van der Waals surface area contributed by atoms with Gasteiger partial charge >= 0.3 is 0 Å². The van der Waals surface area contributed by atoms with Gasteiger partial charge in [0.1, 0.15) is 18.2 Å². The van der Waals surface area contributed by atoms with Gasteiger partial charge in [0.2, 0.25) is 0 Å². The van der Waals surface area contributed by atoms with Gasteiger partial charge in [-0.05, 0) is 62.0 Å². The van der Waals surface area contributed by atoms with Gasteiger partial charge in [-0.3, -0.25) is 4.90 Å². The van der Waals surface area contributed by atoms with Crippen molar-refractivity contribution in [3.05, 3.63) is 48.0 Å². The average Bonchev–Trinajstić information content (AvgIpc) is 3.21. The minimum atomic E-state index is 0. The van der Waals surface area contributed by atoms with Crippen LogP contribution in [0.1, 0.15) is 30.7 Å². The summed E-state index contributed by atoms with van der Waals surface area (Å²) in [5.74, 6) is 1.84. The van der Waals surface area contributed by atoms with Crippen molar-refractivity contribution < 1.29 is 4.74 Å². The molecule has 5 nitrogen and oxygen atoms in total. The van der Waals surface area contributed by atoms with Crippen LogP contribution >= 0.6 is 24.8 Å². The molecule has 1 spiro atoms. The molecule has 2 aromatic rings. The number of hydrogen-bond acceptors (Lipinski definition) is 4. The van der Waals surface area contributed by atoms with Gasteiger partial charge in [-0.1, -0.05) is 12.1 Å². The monoisotopic (exact) mass is 412 g/mol. The molecule has 2 aliphatic heterocycles. The fourth-order valence-electron chi connectivity index (χ4n) is 4.16. The molecule has 27 heavy (non-hydrogen) atoms. The van der Waals surface area contributed by atoms with Crippen LogP contribution in [0.3, 0.4) is 0 Å². The maximum atomic E-state index is 5.84. The van der Waals surface area contributed by atoms with Crippen molar-refractivity contribution >= 4 is 24.8 Å². The van der Waals surface area contributed by atoms with E-state index in [-0.39, 0.29) is 24.8 Å². The molecule has 2 fully saturated rings. The first-order valence-electron chi connectivity index (χ1n) is 9.34. The predicted molar refractivity (Wildman–Crippen MR) is 113 cm³/mol. The van der Waals surface area contributed by atoms with Crippen LogP contribution in [-0.2, 0) is 20.2 Å². The summed E-state index contributed by atoms with van der Waals surface area (Å²) in [6.45, 7) is 6.43. The third-order valence-electron chi connectivity index (χ3n) is 5.80. The van der Waals surface area contributed by atoms with E-state index < -0.39 is 0 Å². The summed E-state index contributed by atoms with van der Waals surface area (Å²) >= 11 is 0. The molecular formula is C20H30Cl2N4O. The molecule has 0 radical (unpaired) electrons. The number of halogens is 2. The quantitative estimate of drug-likeness (QED) is 0.816. The van der Waals surface area contributed by atoms with Gasteiger partial charge in [-0.15, -0.1) is 24.8 Å². The first-order chi connectivity index (χ1) is 12.2. The number of aromatic nitrogens is 2. The molecule has 1 aromatic carbocycles. The van der Waals surface area contributed by atoms with Gasteiger partial charge in [0.15, 0.2) is 0 Å². The van der Waals surface area contributed by atoms with Crippen LogP contribution in [-0.4, -0.2) is 40.6 Å². The molecule has 1 aromatic heterocycles. The Kier molecular flexibility index (Phi) is 7.98. The van der Waals surface area contributed by atoms with E-state index in [1.54, 1.807) is 6.20 Å². The number of ether oxygens (including phenoxy) is 1. The first-order valence-corrected chi connectivity index (χ1v) is 9.34. The lowest BCUT2D eigenvalue weighted by atomic mass is 9.78. The molecule has 1 N–H and O–H groups in total. The molecule has 0 saturated carbocycles. The molecule has 0 amide bonds. The lowest BCUT2D eigenvalue weighted by Gasteiger charge is -2.33. The number of likely N-dealkylation sites (tertiary alicyclic amines) is 1. The molecule has 2 saturated heterocycles. The SMILES string of the molecule is Cl.Cl.Cn1ccnc1COc1ccc(CN2CCC3(CCNCC3)C2)cc1. The molecular weight excluding hydrogens is 383 g/mol. The van der Waals surface area contributed by atoms with Crippen LogP contribution in [0.15, 0.2) is 36.7 Å². The molecule has 3 heterocycles. The second kappa shape index (κ2) is 9.78. The summed E-state index contributed by atoms with van der Waals surface area (Å²) in [5, 5.41) is 3.49. The van der Waals surface area contributed by atoms with E-state index >= 15 is 0 Å². The van der Waals surface area contributed by atoms with Crippen LogP contribution < -0.4 is 10.1 Å².